The fraction of sp³-hybridized carbons (Fsp3) is 0.481. The Bertz CT molecular complexity index is 1420. The van der Waals surface area contributed by atoms with Gasteiger partial charge >= 0.3 is 11.6 Å². The van der Waals surface area contributed by atoms with Crippen molar-refractivity contribution in [2.45, 2.75) is 72.3 Å². The van der Waals surface area contributed by atoms with E-state index in [0.29, 0.717) is 17.6 Å². The lowest BCUT2D eigenvalue weighted by atomic mass is 9.93. The Morgan fingerprint density at radius 2 is 1.72 bits per heavy atom. The third-order valence-electron chi connectivity index (χ3n) is 7.30. The van der Waals surface area contributed by atoms with E-state index in [9.17, 15) is 24.3 Å². The average molecular weight is 497 g/mol. The molecule has 192 valence electrons. The van der Waals surface area contributed by atoms with E-state index in [1.807, 2.05) is 19.9 Å². The molecule has 9 nitrogen and oxygen atoms in total. The molecule has 3 N–H and O–H groups in total. The summed E-state index contributed by atoms with van der Waals surface area (Å²) in [7, 11) is 0. The standard InChI is InChI=1S/C27H32N2O7/c1-5-13(2)23(26(32)33)29-22(31)12-28-21(30)11-18-14(3)17-10-19-16-8-6-7-9-20(16)35-25(19)15(4)24(17)36-27(18)34/h10,13,23H,5-9,11-12H2,1-4H3,(H,28,30)(H,29,31)(H,32,33). The number of benzene rings is 1. The van der Waals surface area contributed by atoms with Gasteiger partial charge in [0.2, 0.25) is 11.8 Å². The van der Waals surface area contributed by atoms with Crippen LogP contribution >= 0.6 is 0 Å². The molecule has 2 unspecified atom stereocenters. The molecular formula is C27H32N2O7. The number of hydrogen-bond acceptors (Lipinski definition) is 6. The molecule has 0 aliphatic heterocycles. The number of aliphatic carboxylic acids is 1. The average Bonchev–Trinajstić information content (AvgIpc) is 3.23. The maximum Gasteiger partial charge on any atom is 0.340 e. The lowest BCUT2D eigenvalue weighted by Crippen LogP contribution is -2.48. The smallest absolute Gasteiger partial charge is 0.340 e. The third-order valence-corrected chi connectivity index (χ3v) is 7.30. The van der Waals surface area contributed by atoms with Gasteiger partial charge in [0.15, 0.2) is 0 Å². The Hall–Kier alpha value is -3.62. The number of nitrogens with one attached hydrogen (secondary N) is 2. The highest BCUT2D eigenvalue weighted by Gasteiger charge is 2.26. The summed E-state index contributed by atoms with van der Waals surface area (Å²) in [5.41, 5.74) is 3.42. The molecule has 3 aromatic rings. The van der Waals surface area contributed by atoms with Gasteiger partial charge < -0.3 is 24.6 Å². The topological polar surface area (TPSA) is 139 Å². The summed E-state index contributed by atoms with van der Waals surface area (Å²) in [5, 5.41) is 16.0. The summed E-state index contributed by atoms with van der Waals surface area (Å²) in [6, 6.07) is 0.947. The predicted molar refractivity (Wildman–Crippen MR) is 134 cm³/mol. The second kappa shape index (κ2) is 10.2. The minimum Gasteiger partial charge on any atom is -0.480 e. The Balaban J connectivity index is 1.55. The number of hydrogen-bond donors (Lipinski definition) is 3. The van der Waals surface area contributed by atoms with E-state index in [0.717, 1.165) is 53.4 Å². The van der Waals surface area contributed by atoms with E-state index in [1.54, 1.807) is 13.8 Å². The highest BCUT2D eigenvalue weighted by Crippen LogP contribution is 2.37. The predicted octanol–water partition coefficient (Wildman–Crippen LogP) is 3.31. The largest absolute Gasteiger partial charge is 0.480 e. The zero-order valence-corrected chi connectivity index (χ0v) is 21.1. The quantitative estimate of drug-likeness (QED) is 0.407. The van der Waals surface area contributed by atoms with Gasteiger partial charge in [0.25, 0.3) is 0 Å². The zero-order chi connectivity index (χ0) is 26.1. The van der Waals surface area contributed by atoms with E-state index in [2.05, 4.69) is 10.6 Å². The van der Waals surface area contributed by atoms with Crippen LogP contribution in [0.3, 0.4) is 0 Å². The summed E-state index contributed by atoms with van der Waals surface area (Å²) in [5.74, 6) is -1.54. The maximum atomic E-state index is 12.8. The van der Waals surface area contributed by atoms with E-state index < -0.39 is 36.0 Å². The van der Waals surface area contributed by atoms with Crippen LogP contribution in [-0.2, 0) is 33.6 Å². The maximum absolute atomic E-state index is 12.8. The van der Waals surface area contributed by atoms with Crippen LogP contribution in [0.25, 0.3) is 21.9 Å². The van der Waals surface area contributed by atoms with Crippen LogP contribution in [0, 0.1) is 19.8 Å². The second-order valence-electron chi connectivity index (χ2n) is 9.68. The normalized spacial score (nSPS) is 14.9. The van der Waals surface area contributed by atoms with Crippen LogP contribution in [0.2, 0.25) is 0 Å². The number of carboxylic acids is 1. The van der Waals surface area contributed by atoms with Crippen molar-refractivity contribution >= 4 is 39.7 Å². The van der Waals surface area contributed by atoms with Crippen LogP contribution in [0.4, 0.5) is 0 Å². The summed E-state index contributed by atoms with van der Waals surface area (Å²) in [6.07, 6.45) is 4.35. The van der Waals surface area contributed by atoms with Crippen molar-refractivity contribution in [3.8, 4) is 0 Å². The van der Waals surface area contributed by atoms with Gasteiger partial charge in [0.1, 0.15) is 23.0 Å². The monoisotopic (exact) mass is 496 g/mol. The van der Waals surface area contributed by atoms with Crippen molar-refractivity contribution in [2.75, 3.05) is 6.54 Å². The Morgan fingerprint density at radius 3 is 2.42 bits per heavy atom. The first kappa shape index (κ1) is 25.5. The van der Waals surface area contributed by atoms with Crippen molar-refractivity contribution in [1.82, 2.24) is 10.6 Å². The van der Waals surface area contributed by atoms with Crippen LogP contribution in [0.5, 0.6) is 0 Å². The molecule has 0 fully saturated rings. The van der Waals surface area contributed by atoms with Gasteiger partial charge in [-0.1, -0.05) is 20.3 Å². The van der Waals surface area contributed by atoms with Crippen molar-refractivity contribution in [1.29, 1.82) is 0 Å². The fourth-order valence-corrected chi connectivity index (χ4v) is 4.93. The number of carbonyl (C=O) groups is 3. The summed E-state index contributed by atoms with van der Waals surface area (Å²) in [6.45, 7) is 6.83. The number of fused-ring (bicyclic) bond motifs is 4. The molecule has 2 aromatic heterocycles. The van der Waals surface area contributed by atoms with Gasteiger partial charge in [-0.25, -0.2) is 9.59 Å². The van der Waals surface area contributed by atoms with Crippen LogP contribution in [0.1, 0.15) is 61.1 Å². The molecule has 0 saturated heterocycles. The van der Waals surface area contributed by atoms with E-state index in [-0.39, 0.29) is 17.9 Å². The Kier molecular flexibility index (Phi) is 7.19. The molecule has 2 atom stereocenters. The van der Waals surface area contributed by atoms with Gasteiger partial charge in [-0.15, -0.1) is 0 Å². The van der Waals surface area contributed by atoms with Crippen LogP contribution in [0.15, 0.2) is 19.7 Å². The highest BCUT2D eigenvalue weighted by atomic mass is 16.4. The molecule has 36 heavy (non-hydrogen) atoms. The first-order chi connectivity index (χ1) is 17.1. The first-order valence-electron chi connectivity index (χ1n) is 12.4. The van der Waals surface area contributed by atoms with Gasteiger partial charge in [-0.3, -0.25) is 9.59 Å². The van der Waals surface area contributed by atoms with Gasteiger partial charge in [-0.05, 0) is 50.7 Å². The molecular weight excluding hydrogens is 464 g/mol. The second-order valence-corrected chi connectivity index (χ2v) is 9.68. The molecule has 0 spiro atoms. The number of aryl methyl sites for hydroxylation is 4. The number of furan rings is 1. The van der Waals surface area contributed by atoms with Crippen molar-refractivity contribution < 1.29 is 28.3 Å². The van der Waals surface area contributed by atoms with Crippen LogP contribution < -0.4 is 16.3 Å². The van der Waals surface area contributed by atoms with Crippen molar-refractivity contribution in [3.63, 3.8) is 0 Å². The highest BCUT2D eigenvalue weighted by molar-refractivity contribution is 6.00. The lowest BCUT2D eigenvalue weighted by molar-refractivity contribution is -0.143. The number of amides is 2. The minimum atomic E-state index is -1.13. The molecule has 2 amide bonds. The number of carboxylic acid groups (broad SMARTS) is 1. The third kappa shape index (κ3) is 4.74. The summed E-state index contributed by atoms with van der Waals surface area (Å²) in [4.78, 5) is 49.0. The van der Waals surface area contributed by atoms with Crippen molar-refractivity contribution in [3.05, 3.63) is 44.5 Å². The molecule has 0 radical (unpaired) electrons. The van der Waals surface area contributed by atoms with Gasteiger partial charge in [0.05, 0.1) is 18.5 Å². The first-order valence-corrected chi connectivity index (χ1v) is 12.4. The number of rotatable bonds is 8. The van der Waals surface area contributed by atoms with E-state index in [1.165, 1.54) is 5.56 Å². The molecule has 1 aliphatic rings. The molecule has 9 heteroatoms. The molecule has 1 aromatic carbocycles. The summed E-state index contributed by atoms with van der Waals surface area (Å²) < 4.78 is 11.8. The Labute approximate surface area is 208 Å². The fourth-order valence-electron chi connectivity index (χ4n) is 4.93. The summed E-state index contributed by atoms with van der Waals surface area (Å²) >= 11 is 0. The zero-order valence-electron chi connectivity index (χ0n) is 21.1. The molecule has 0 saturated carbocycles. The van der Waals surface area contributed by atoms with Crippen molar-refractivity contribution in [2.24, 2.45) is 5.92 Å². The van der Waals surface area contributed by atoms with Gasteiger partial charge in [-0.2, -0.15) is 0 Å². The molecule has 0 bridgehead atoms. The van der Waals surface area contributed by atoms with E-state index >= 15 is 0 Å². The van der Waals surface area contributed by atoms with Gasteiger partial charge in [0, 0.05) is 28.3 Å². The molecule has 2 heterocycles. The minimum absolute atomic E-state index is 0.222. The Morgan fingerprint density at radius 1 is 1.03 bits per heavy atom. The molecule has 1 aliphatic carbocycles. The SMILES string of the molecule is CCC(C)C(NC(=O)CNC(=O)Cc1c(C)c2cc3c4c(oc3c(C)c2oc1=O)CCCC4)C(=O)O. The number of carbonyl (C=O) groups excluding carboxylic acids is 2. The molecule has 4 rings (SSSR count). The lowest BCUT2D eigenvalue weighted by Gasteiger charge is -2.20. The van der Waals surface area contributed by atoms with Crippen LogP contribution in [-0.4, -0.2) is 35.5 Å². The van der Waals surface area contributed by atoms with E-state index in [4.69, 9.17) is 8.83 Å².